The highest BCUT2D eigenvalue weighted by atomic mass is 16.5. The molecule has 1 fully saturated rings. The van der Waals surface area contributed by atoms with E-state index in [1.54, 1.807) is 7.11 Å². The summed E-state index contributed by atoms with van der Waals surface area (Å²) in [4.78, 5) is 16.1. The molecule has 1 amide bonds. The molecular weight excluding hydrogens is 292 g/mol. The summed E-state index contributed by atoms with van der Waals surface area (Å²) in [6.45, 7) is 9.48. The number of carbonyl (C=O) groups excluding carboxylic acids is 1. The van der Waals surface area contributed by atoms with Gasteiger partial charge in [-0.1, -0.05) is 25.5 Å². The van der Waals surface area contributed by atoms with Gasteiger partial charge in [0.15, 0.2) is 0 Å². The minimum Gasteiger partial charge on any atom is -0.496 e. The molecule has 1 aliphatic heterocycles. The molecule has 0 aromatic heterocycles. The van der Waals surface area contributed by atoms with Crippen LogP contribution < -0.4 is 4.74 Å². The van der Waals surface area contributed by atoms with Crippen LogP contribution in [0.25, 0.3) is 0 Å². The molecule has 2 rings (SSSR count). The molecule has 1 N–H and O–H groups in total. The number of methoxy groups -OCH3 is 1. The van der Waals surface area contributed by atoms with Crippen molar-refractivity contribution in [2.45, 2.75) is 26.9 Å². The predicted octanol–water partition coefficient (Wildman–Crippen LogP) is 1.84. The van der Waals surface area contributed by atoms with Crippen molar-refractivity contribution in [1.82, 2.24) is 9.80 Å². The van der Waals surface area contributed by atoms with E-state index in [9.17, 15) is 9.90 Å². The first-order chi connectivity index (χ1) is 10.9. The van der Waals surface area contributed by atoms with E-state index in [4.69, 9.17) is 4.74 Å². The molecule has 1 aromatic carbocycles. The van der Waals surface area contributed by atoms with Gasteiger partial charge < -0.3 is 14.7 Å². The first-order valence-corrected chi connectivity index (χ1v) is 8.26. The van der Waals surface area contributed by atoms with Gasteiger partial charge >= 0.3 is 0 Å². The minimum atomic E-state index is -0.586. The number of ether oxygens (including phenoxy) is 1. The van der Waals surface area contributed by atoms with E-state index in [2.05, 4.69) is 4.90 Å². The van der Waals surface area contributed by atoms with E-state index in [0.717, 1.165) is 43.1 Å². The van der Waals surface area contributed by atoms with E-state index in [0.29, 0.717) is 6.54 Å². The lowest BCUT2D eigenvalue weighted by molar-refractivity contribution is -0.136. The van der Waals surface area contributed by atoms with Gasteiger partial charge in [-0.15, -0.1) is 0 Å². The zero-order chi connectivity index (χ0) is 17.0. The molecule has 128 valence electrons. The van der Waals surface area contributed by atoms with Crippen LogP contribution in [0.5, 0.6) is 5.75 Å². The molecule has 0 aliphatic carbocycles. The number of hydrogen-bond acceptors (Lipinski definition) is 4. The van der Waals surface area contributed by atoms with Gasteiger partial charge in [0.05, 0.1) is 13.2 Å². The van der Waals surface area contributed by atoms with Crippen LogP contribution in [0, 0.1) is 12.8 Å². The Morgan fingerprint density at radius 1 is 1.26 bits per heavy atom. The van der Waals surface area contributed by atoms with E-state index < -0.39 is 6.10 Å². The molecular formula is C18H28N2O3. The maximum absolute atomic E-state index is 12.0. The van der Waals surface area contributed by atoms with Crippen molar-refractivity contribution in [3.8, 4) is 5.75 Å². The standard InChI is InChI=1S/C18H28N2O3/c1-13(2)18(22)20-9-7-19(8-10-20)12-16(21)15-11-14(3)5-6-17(15)23-4/h5-6,11,13,16,21H,7-10,12H2,1-4H3. The first-order valence-electron chi connectivity index (χ1n) is 8.26. The minimum absolute atomic E-state index is 0.0451. The number of aliphatic hydroxyl groups is 1. The number of amides is 1. The summed E-state index contributed by atoms with van der Waals surface area (Å²) in [5.41, 5.74) is 1.93. The predicted molar refractivity (Wildman–Crippen MR) is 90.5 cm³/mol. The fourth-order valence-electron chi connectivity index (χ4n) is 2.97. The highest BCUT2D eigenvalue weighted by Crippen LogP contribution is 2.27. The summed E-state index contributed by atoms with van der Waals surface area (Å²) in [6.07, 6.45) is -0.586. The van der Waals surface area contributed by atoms with Crippen LogP contribution in [-0.2, 0) is 4.79 Å². The molecule has 0 radical (unpaired) electrons. The van der Waals surface area contributed by atoms with Crippen LogP contribution >= 0.6 is 0 Å². The van der Waals surface area contributed by atoms with E-state index in [-0.39, 0.29) is 11.8 Å². The Kier molecular flexibility index (Phi) is 6.02. The van der Waals surface area contributed by atoms with Crippen molar-refractivity contribution >= 4 is 5.91 Å². The van der Waals surface area contributed by atoms with Gasteiger partial charge in [-0.2, -0.15) is 0 Å². The number of nitrogens with zero attached hydrogens (tertiary/aromatic N) is 2. The normalized spacial score (nSPS) is 17.4. The van der Waals surface area contributed by atoms with Crippen molar-refractivity contribution in [3.05, 3.63) is 29.3 Å². The maximum atomic E-state index is 12.0. The van der Waals surface area contributed by atoms with Crippen LogP contribution in [0.3, 0.4) is 0 Å². The van der Waals surface area contributed by atoms with E-state index in [1.165, 1.54) is 0 Å². The molecule has 1 heterocycles. The molecule has 5 heteroatoms. The third-order valence-corrected chi connectivity index (χ3v) is 4.35. The summed E-state index contributed by atoms with van der Waals surface area (Å²) in [7, 11) is 1.62. The summed E-state index contributed by atoms with van der Waals surface area (Å²) >= 11 is 0. The monoisotopic (exact) mass is 320 g/mol. The van der Waals surface area contributed by atoms with Gasteiger partial charge in [0.1, 0.15) is 5.75 Å². The number of benzene rings is 1. The summed E-state index contributed by atoms with van der Waals surface area (Å²) in [5, 5.41) is 10.6. The second-order valence-electron chi connectivity index (χ2n) is 6.54. The Bertz CT molecular complexity index is 537. The summed E-state index contributed by atoms with van der Waals surface area (Å²) in [6, 6.07) is 5.85. The average molecular weight is 320 g/mol. The molecule has 1 atom stereocenters. The van der Waals surface area contributed by atoms with Crippen molar-refractivity contribution < 1.29 is 14.6 Å². The van der Waals surface area contributed by atoms with Crippen molar-refractivity contribution in [1.29, 1.82) is 0 Å². The molecule has 23 heavy (non-hydrogen) atoms. The average Bonchev–Trinajstić information content (AvgIpc) is 2.54. The molecule has 1 saturated heterocycles. The zero-order valence-electron chi connectivity index (χ0n) is 14.6. The van der Waals surface area contributed by atoms with Crippen LogP contribution in [0.2, 0.25) is 0 Å². The van der Waals surface area contributed by atoms with Crippen molar-refractivity contribution in [3.63, 3.8) is 0 Å². The van der Waals surface area contributed by atoms with Gasteiger partial charge in [0.2, 0.25) is 5.91 Å². The molecule has 0 saturated carbocycles. The number of carbonyl (C=O) groups is 1. The number of aryl methyl sites for hydroxylation is 1. The highest BCUT2D eigenvalue weighted by Gasteiger charge is 2.25. The van der Waals surface area contributed by atoms with Gasteiger partial charge in [-0.3, -0.25) is 9.69 Å². The Balaban J connectivity index is 1.94. The lowest BCUT2D eigenvalue weighted by atomic mass is 10.0. The molecule has 1 unspecified atom stereocenters. The third kappa shape index (κ3) is 4.45. The number of piperazine rings is 1. The topological polar surface area (TPSA) is 53.0 Å². The SMILES string of the molecule is COc1ccc(C)cc1C(O)CN1CCN(C(=O)C(C)C)CC1. The lowest BCUT2D eigenvalue weighted by Gasteiger charge is -2.36. The van der Waals surface area contributed by atoms with E-state index >= 15 is 0 Å². The summed E-state index contributed by atoms with van der Waals surface area (Å²) in [5.74, 6) is 0.978. The van der Waals surface area contributed by atoms with Crippen LogP contribution in [0.15, 0.2) is 18.2 Å². The molecule has 1 aliphatic rings. The number of hydrogen-bond donors (Lipinski definition) is 1. The number of aliphatic hydroxyl groups excluding tert-OH is 1. The quantitative estimate of drug-likeness (QED) is 0.899. The Hall–Kier alpha value is -1.59. The Labute approximate surface area is 138 Å². The second kappa shape index (κ2) is 7.79. The summed E-state index contributed by atoms with van der Waals surface area (Å²) < 4.78 is 5.35. The molecule has 5 nitrogen and oxygen atoms in total. The Morgan fingerprint density at radius 3 is 2.48 bits per heavy atom. The lowest BCUT2D eigenvalue weighted by Crippen LogP contribution is -2.50. The number of rotatable bonds is 5. The zero-order valence-corrected chi connectivity index (χ0v) is 14.6. The third-order valence-electron chi connectivity index (χ3n) is 4.35. The second-order valence-corrected chi connectivity index (χ2v) is 6.54. The van der Waals surface area contributed by atoms with Crippen molar-refractivity contribution in [2.75, 3.05) is 39.8 Å². The fraction of sp³-hybridized carbons (Fsp3) is 0.611. The molecule has 0 spiro atoms. The van der Waals surface area contributed by atoms with Crippen molar-refractivity contribution in [2.24, 2.45) is 5.92 Å². The first kappa shape index (κ1) is 17.8. The van der Waals surface area contributed by atoms with Gasteiger partial charge in [0.25, 0.3) is 0 Å². The smallest absolute Gasteiger partial charge is 0.225 e. The largest absolute Gasteiger partial charge is 0.496 e. The highest BCUT2D eigenvalue weighted by molar-refractivity contribution is 5.78. The van der Waals surface area contributed by atoms with Crippen LogP contribution in [0.1, 0.15) is 31.1 Å². The van der Waals surface area contributed by atoms with Crippen LogP contribution in [-0.4, -0.2) is 60.6 Å². The van der Waals surface area contributed by atoms with Gasteiger partial charge in [-0.05, 0) is 19.1 Å². The molecule has 0 bridgehead atoms. The number of β-amino-alcohol motifs (C(OH)–C–C–N with tert-alkyl or cyclic N) is 1. The fourth-order valence-corrected chi connectivity index (χ4v) is 2.97. The maximum Gasteiger partial charge on any atom is 0.225 e. The van der Waals surface area contributed by atoms with E-state index in [1.807, 2.05) is 43.9 Å². The van der Waals surface area contributed by atoms with Gasteiger partial charge in [0, 0.05) is 44.2 Å². The van der Waals surface area contributed by atoms with Crippen LogP contribution in [0.4, 0.5) is 0 Å². The molecule has 1 aromatic rings. The Morgan fingerprint density at radius 2 is 1.91 bits per heavy atom. The van der Waals surface area contributed by atoms with Gasteiger partial charge in [-0.25, -0.2) is 0 Å².